The van der Waals surface area contributed by atoms with Gasteiger partial charge in [0.25, 0.3) is 0 Å². The molecule has 0 saturated heterocycles. The largest absolute Gasteiger partial charge is 0.490 e. The highest BCUT2D eigenvalue weighted by molar-refractivity contribution is 9.08. The third-order valence-corrected chi connectivity index (χ3v) is 3.81. The smallest absolute Gasteiger partial charge is 0.120 e. The first-order chi connectivity index (χ1) is 7.88. The van der Waals surface area contributed by atoms with E-state index in [1.807, 2.05) is 0 Å². The van der Waals surface area contributed by atoms with Crippen LogP contribution in [0.2, 0.25) is 0 Å². The van der Waals surface area contributed by atoms with Gasteiger partial charge in [0, 0.05) is 5.33 Å². The van der Waals surface area contributed by atoms with Crippen LogP contribution in [-0.4, -0.2) is 6.10 Å². The van der Waals surface area contributed by atoms with E-state index < -0.39 is 0 Å². The Balaban J connectivity index is 1.96. The maximum Gasteiger partial charge on any atom is 0.120 e. The van der Waals surface area contributed by atoms with Gasteiger partial charge in [0.15, 0.2) is 0 Å². The zero-order chi connectivity index (χ0) is 11.2. The van der Waals surface area contributed by atoms with Crippen LogP contribution in [0, 0.1) is 0 Å². The maximum absolute atomic E-state index is 6.06. The van der Waals surface area contributed by atoms with E-state index in [1.165, 1.54) is 44.1 Å². The normalized spacial score (nSPS) is 18.1. The highest BCUT2D eigenvalue weighted by Gasteiger charge is 2.13. The second-order valence-electron chi connectivity index (χ2n) is 4.51. The van der Waals surface area contributed by atoms with Gasteiger partial charge in [-0.3, -0.25) is 0 Å². The summed E-state index contributed by atoms with van der Waals surface area (Å²) in [6.45, 7) is 0. The van der Waals surface area contributed by atoms with Crippen LogP contribution in [0.4, 0.5) is 0 Å². The van der Waals surface area contributed by atoms with Crippen LogP contribution < -0.4 is 4.74 Å². The number of benzene rings is 1. The third-order valence-electron chi connectivity index (χ3n) is 3.16. The van der Waals surface area contributed by atoms with Crippen molar-refractivity contribution in [2.75, 3.05) is 0 Å². The van der Waals surface area contributed by atoms with E-state index in [0.717, 1.165) is 11.1 Å². The average molecular weight is 283 g/mol. The number of rotatable bonds is 3. The van der Waals surface area contributed by atoms with Gasteiger partial charge in [-0.15, -0.1) is 0 Å². The van der Waals surface area contributed by atoms with Crippen LogP contribution in [0.3, 0.4) is 0 Å². The van der Waals surface area contributed by atoms with Crippen molar-refractivity contribution in [2.45, 2.75) is 50.0 Å². The molecule has 1 aromatic carbocycles. The first kappa shape index (κ1) is 12.0. The highest BCUT2D eigenvalue weighted by Crippen LogP contribution is 2.23. The lowest BCUT2D eigenvalue weighted by Crippen LogP contribution is -2.15. The summed E-state index contributed by atoms with van der Waals surface area (Å²) in [6.07, 6.45) is 8.28. The Labute approximate surface area is 106 Å². The van der Waals surface area contributed by atoms with Crippen LogP contribution in [0.5, 0.6) is 5.75 Å². The zero-order valence-corrected chi connectivity index (χ0v) is 11.2. The Kier molecular flexibility index (Phi) is 4.70. The van der Waals surface area contributed by atoms with Gasteiger partial charge in [0.05, 0.1) is 6.10 Å². The topological polar surface area (TPSA) is 9.23 Å². The standard InChI is InChI=1S/C14H19BrO/c15-11-12-6-5-9-14(10-12)16-13-7-3-1-2-4-8-13/h5-6,9-10,13H,1-4,7-8,11H2. The minimum atomic E-state index is 0.438. The van der Waals surface area contributed by atoms with Crippen LogP contribution in [0.1, 0.15) is 44.1 Å². The first-order valence-corrected chi connectivity index (χ1v) is 7.32. The molecule has 2 rings (SSSR count). The number of hydrogen-bond acceptors (Lipinski definition) is 1. The molecular formula is C14H19BrO. The monoisotopic (exact) mass is 282 g/mol. The second kappa shape index (κ2) is 6.29. The first-order valence-electron chi connectivity index (χ1n) is 6.20. The third kappa shape index (κ3) is 3.51. The zero-order valence-electron chi connectivity index (χ0n) is 9.62. The van der Waals surface area contributed by atoms with E-state index >= 15 is 0 Å². The molecule has 1 nitrogen and oxygen atoms in total. The summed E-state index contributed by atoms with van der Waals surface area (Å²) >= 11 is 3.47. The van der Waals surface area contributed by atoms with E-state index in [9.17, 15) is 0 Å². The van der Waals surface area contributed by atoms with Crippen LogP contribution in [0.25, 0.3) is 0 Å². The molecule has 1 aromatic rings. The molecule has 0 N–H and O–H groups in total. The van der Waals surface area contributed by atoms with Gasteiger partial charge in [-0.1, -0.05) is 40.9 Å². The van der Waals surface area contributed by atoms with Gasteiger partial charge >= 0.3 is 0 Å². The fraction of sp³-hybridized carbons (Fsp3) is 0.571. The predicted octanol–water partition coefficient (Wildman–Crippen LogP) is 4.68. The summed E-state index contributed by atoms with van der Waals surface area (Å²) < 4.78 is 6.06. The van der Waals surface area contributed by atoms with Crippen molar-refractivity contribution in [3.8, 4) is 5.75 Å². The van der Waals surface area contributed by atoms with Crippen LogP contribution >= 0.6 is 15.9 Å². The minimum absolute atomic E-state index is 0.438. The molecule has 0 radical (unpaired) electrons. The molecule has 0 aromatic heterocycles. The minimum Gasteiger partial charge on any atom is -0.490 e. The number of ether oxygens (including phenoxy) is 1. The fourth-order valence-corrected chi connectivity index (χ4v) is 2.60. The molecule has 0 atom stereocenters. The van der Waals surface area contributed by atoms with Crippen molar-refractivity contribution >= 4 is 15.9 Å². The van der Waals surface area contributed by atoms with E-state index in [0.29, 0.717) is 6.10 Å². The van der Waals surface area contributed by atoms with Gasteiger partial charge in [-0.05, 0) is 43.4 Å². The maximum atomic E-state index is 6.06. The summed E-state index contributed by atoms with van der Waals surface area (Å²) in [6, 6.07) is 8.40. The van der Waals surface area contributed by atoms with E-state index in [4.69, 9.17) is 4.74 Å². The highest BCUT2D eigenvalue weighted by atomic mass is 79.9. The molecule has 2 heteroatoms. The second-order valence-corrected chi connectivity index (χ2v) is 5.07. The van der Waals surface area contributed by atoms with Crippen molar-refractivity contribution in [3.63, 3.8) is 0 Å². The van der Waals surface area contributed by atoms with Crippen molar-refractivity contribution in [1.82, 2.24) is 0 Å². The lowest BCUT2D eigenvalue weighted by atomic mass is 10.1. The summed E-state index contributed by atoms with van der Waals surface area (Å²) in [5, 5.41) is 0.898. The number of alkyl halides is 1. The van der Waals surface area contributed by atoms with Crippen molar-refractivity contribution in [3.05, 3.63) is 29.8 Å². The molecule has 0 spiro atoms. The Morgan fingerprint density at radius 1 is 1.12 bits per heavy atom. The van der Waals surface area contributed by atoms with Crippen molar-refractivity contribution in [2.24, 2.45) is 0 Å². The molecule has 0 aliphatic heterocycles. The molecule has 1 fully saturated rings. The Hall–Kier alpha value is -0.500. The summed E-state index contributed by atoms with van der Waals surface area (Å²) in [5.41, 5.74) is 1.28. The van der Waals surface area contributed by atoms with Gasteiger partial charge in [0.1, 0.15) is 5.75 Å². The number of halogens is 1. The molecule has 0 unspecified atom stereocenters. The fourth-order valence-electron chi connectivity index (χ4n) is 2.25. The Morgan fingerprint density at radius 2 is 1.88 bits per heavy atom. The molecule has 0 amide bonds. The van der Waals surface area contributed by atoms with Gasteiger partial charge in [-0.2, -0.15) is 0 Å². The lowest BCUT2D eigenvalue weighted by molar-refractivity contribution is 0.183. The quantitative estimate of drug-likeness (QED) is 0.578. The molecule has 1 saturated carbocycles. The SMILES string of the molecule is BrCc1cccc(OC2CCCCCC2)c1. The lowest BCUT2D eigenvalue weighted by Gasteiger charge is -2.17. The Morgan fingerprint density at radius 3 is 2.56 bits per heavy atom. The van der Waals surface area contributed by atoms with E-state index in [2.05, 4.69) is 40.2 Å². The van der Waals surface area contributed by atoms with Crippen molar-refractivity contribution < 1.29 is 4.74 Å². The molecule has 16 heavy (non-hydrogen) atoms. The van der Waals surface area contributed by atoms with Crippen molar-refractivity contribution in [1.29, 1.82) is 0 Å². The molecule has 88 valence electrons. The molecule has 1 aliphatic carbocycles. The van der Waals surface area contributed by atoms with E-state index in [1.54, 1.807) is 0 Å². The summed E-state index contributed by atoms with van der Waals surface area (Å²) in [7, 11) is 0. The molecule has 0 bridgehead atoms. The van der Waals surface area contributed by atoms with Crippen LogP contribution in [0.15, 0.2) is 24.3 Å². The van der Waals surface area contributed by atoms with E-state index in [-0.39, 0.29) is 0 Å². The van der Waals surface area contributed by atoms with Gasteiger partial charge in [-0.25, -0.2) is 0 Å². The molecule has 0 heterocycles. The summed E-state index contributed by atoms with van der Waals surface area (Å²) in [5.74, 6) is 1.03. The molecular weight excluding hydrogens is 264 g/mol. The average Bonchev–Trinajstić information content (AvgIpc) is 2.58. The number of hydrogen-bond donors (Lipinski definition) is 0. The van der Waals surface area contributed by atoms with Gasteiger partial charge in [0.2, 0.25) is 0 Å². The van der Waals surface area contributed by atoms with Gasteiger partial charge < -0.3 is 4.74 Å². The predicted molar refractivity (Wildman–Crippen MR) is 71.2 cm³/mol. The molecule has 1 aliphatic rings. The summed E-state index contributed by atoms with van der Waals surface area (Å²) in [4.78, 5) is 0. The Bertz CT molecular complexity index is 316. The van der Waals surface area contributed by atoms with Crippen LogP contribution in [-0.2, 0) is 5.33 Å².